The summed E-state index contributed by atoms with van der Waals surface area (Å²) in [4.78, 5) is 7.04. The Morgan fingerprint density at radius 2 is 1.94 bits per heavy atom. The Labute approximate surface area is 183 Å². The number of ether oxygens (including phenoxy) is 2. The van der Waals surface area contributed by atoms with Crippen LogP contribution in [0.3, 0.4) is 0 Å². The van der Waals surface area contributed by atoms with Gasteiger partial charge in [-0.15, -0.1) is 0 Å². The Kier molecular flexibility index (Phi) is 10.6. The molecule has 1 saturated heterocycles. The highest BCUT2D eigenvalue weighted by Crippen LogP contribution is 2.16. The van der Waals surface area contributed by atoms with Gasteiger partial charge in [-0.25, -0.2) is 4.99 Å². The van der Waals surface area contributed by atoms with Crippen LogP contribution in [0.5, 0.6) is 0 Å². The van der Waals surface area contributed by atoms with Crippen LogP contribution in [-0.4, -0.2) is 69.1 Å². The van der Waals surface area contributed by atoms with Crippen LogP contribution in [0.1, 0.15) is 31.9 Å². The Balaban J connectivity index is 1.81. The normalized spacial score (nSPS) is 18.4. The first-order valence-electron chi connectivity index (χ1n) is 10.8. The molecule has 1 aromatic carbocycles. The number of benzene rings is 1. The maximum absolute atomic E-state index is 12.2. The van der Waals surface area contributed by atoms with E-state index in [0.29, 0.717) is 30.5 Å². The second-order valence-electron chi connectivity index (χ2n) is 8.15. The average molecular weight is 445 g/mol. The molecule has 1 unspecified atom stereocenters. The van der Waals surface area contributed by atoms with Crippen LogP contribution >= 0.6 is 0 Å². The number of aliphatic imine (C=N–C) groups is 1. The number of hydrogen-bond acceptors (Lipinski definition) is 4. The third kappa shape index (κ3) is 10.8. The smallest absolute Gasteiger partial charge is 0.374 e. The van der Waals surface area contributed by atoms with E-state index in [9.17, 15) is 13.2 Å². The molecular formula is C22H35F3N4O2. The van der Waals surface area contributed by atoms with Crippen molar-refractivity contribution in [2.75, 3.05) is 45.9 Å². The van der Waals surface area contributed by atoms with Crippen LogP contribution in [-0.2, 0) is 22.6 Å². The van der Waals surface area contributed by atoms with Crippen molar-refractivity contribution in [3.8, 4) is 0 Å². The minimum absolute atomic E-state index is 0.0670. The number of morpholine rings is 1. The third-order valence-electron chi connectivity index (χ3n) is 4.66. The molecule has 6 nitrogen and oxygen atoms in total. The largest absolute Gasteiger partial charge is 0.411 e. The summed E-state index contributed by atoms with van der Waals surface area (Å²) in [6.45, 7) is 10.7. The molecule has 1 heterocycles. The number of nitrogens with one attached hydrogen (secondary N) is 2. The van der Waals surface area contributed by atoms with E-state index in [1.54, 1.807) is 12.1 Å². The SMILES string of the molecule is CCNC(=NCc1ccc(COCC(F)(F)F)cc1)NCC1CN(CC(C)C)CCO1. The van der Waals surface area contributed by atoms with Crippen molar-refractivity contribution >= 4 is 5.96 Å². The monoisotopic (exact) mass is 444 g/mol. The topological polar surface area (TPSA) is 58.1 Å². The lowest BCUT2D eigenvalue weighted by atomic mass is 10.1. The summed E-state index contributed by atoms with van der Waals surface area (Å²) in [5.41, 5.74) is 1.66. The van der Waals surface area contributed by atoms with Crippen molar-refractivity contribution < 1.29 is 22.6 Å². The Bertz CT molecular complexity index is 666. The molecule has 0 amide bonds. The van der Waals surface area contributed by atoms with Crippen LogP contribution in [0.4, 0.5) is 13.2 Å². The fourth-order valence-corrected chi connectivity index (χ4v) is 3.33. The molecule has 1 aromatic rings. The molecule has 2 N–H and O–H groups in total. The van der Waals surface area contributed by atoms with Crippen molar-refractivity contribution in [2.45, 2.75) is 46.2 Å². The molecule has 1 fully saturated rings. The first-order chi connectivity index (χ1) is 14.7. The minimum Gasteiger partial charge on any atom is -0.374 e. The van der Waals surface area contributed by atoms with Crippen molar-refractivity contribution in [1.82, 2.24) is 15.5 Å². The van der Waals surface area contributed by atoms with Crippen molar-refractivity contribution in [1.29, 1.82) is 0 Å². The second-order valence-corrected chi connectivity index (χ2v) is 8.15. The number of nitrogens with zero attached hydrogens (tertiary/aromatic N) is 2. The molecule has 1 aliphatic rings. The molecule has 31 heavy (non-hydrogen) atoms. The first-order valence-corrected chi connectivity index (χ1v) is 10.8. The molecule has 1 atom stereocenters. The molecule has 0 radical (unpaired) electrons. The summed E-state index contributed by atoms with van der Waals surface area (Å²) in [6.07, 6.45) is -4.19. The number of hydrogen-bond donors (Lipinski definition) is 2. The highest BCUT2D eigenvalue weighted by molar-refractivity contribution is 5.79. The third-order valence-corrected chi connectivity index (χ3v) is 4.66. The molecule has 0 aromatic heterocycles. The van der Waals surface area contributed by atoms with E-state index in [1.165, 1.54) is 0 Å². The fourth-order valence-electron chi connectivity index (χ4n) is 3.33. The predicted molar refractivity (Wildman–Crippen MR) is 116 cm³/mol. The van der Waals surface area contributed by atoms with E-state index < -0.39 is 12.8 Å². The zero-order valence-electron chi connectivity index (χ0n) is 18.7. The van der Waals surface area contributed by atoms with Gasteiger partial charge in [0.25, 0.3) is 0 Å². The van der Waals surface area contributed by atoms with Gasteiger partial charge in [0, 0.05) is 32.7 Å². The number of rotatable bonds is 10. The standard InChI is InChI=1S/C22H35F3N4O2/c1-4-26-21(28-12-20-14-29(9-10-31-20)13-17(2)3)27-11-18-5-7-19(8-6-18)15-30-16-22(23,24)25/h5-8,17,20H,4,9-16H2,1-3H3,(H2,26,27,28). The Morgan fingerprint density at radius 3 is 2.58 bits per heavy atom. The average Bonchev–Trinajstić information content (AvgIpc) is 2.70. The fraction of sp³-hybridized carbons (Fsp3) is 0.682. The molecule has 1 aliphatic heterocycles. The van der Waals surface area contributed by atoms with Crippen LogP contribution in [0.2, 0.25) is 0 Å². The summed E-state index contributed by atoms with van der Waals surface area (Å²) >= 11 is 0. The zero-order chi connectivity index (χ0) is 22.7. The summed E-state index contributed by atoms with van der Waals surface area (Å²) in [6, 6.07) is 7.24. The van der Waals surface area contributed by atoms with Gasteiger partial charge in [-0.1, -0.05) is 38.1 Å². The van der Waals surface area contributed by atoms with Crippen LogP contribution < -0.4 is 10.6 Å². The van der Waals surface area contributed by atoms with Crippen LogP contribution in [0.15, 0.2) is 29.3 Å². The quantitative estimate of drug-likeness (QED) is 0.429. The number of alkyl halides is 3. The van der Waals surface area contributed by atoms with Crippen molar-refractivity contribution in [3.63, 3.8) is 0 Å². The molecular weight excluding hydrogens is 409 g/mol. The van der Waals surface area contributed by atoms with Crippen LogP contribution in [0, 0.1) is 5.92 Å². The minimum atomic E-state index is -4.31. The highest BCUT2D eigenvalue weighted by atomic mass is 19.4. The number of guanidine groups is 1. The highest BCUT2D eigenvalue weighted by Gasteiger charge is 2.27. The lowest BCUT2D eigenvalue weighted by molar-refractivity contribution is -0.176. The summed E-state index contributed by atoms with van der Waals surface area (Å²) < 4.78 is 47.0. The first kappa shape index (κ1) is 25.4. The van der Waals surface area contributed by atoms with Gasteiger partial charge in [0.15, 0.2) is 5.96 Å². The van der Waals surface area contributed by atoms with Gasteiger partial charge in [0.2, 0.25) is 0 Å². The molecule has 0 saturated carbocycles. The maximum atomic E-state index is 12.2. The molecule has 2 rings (SSSR count). The van der Waals surface area contributed by atoms with E-state index >= 15 is 0 Å². The van der Waals surface area contributed by atoms with E-state index in [2.05, 4.69) is 39.1 Å². The lowest BCUT2D eigenvalue weighted by Crippen LogP contribution is -2.50. The second kappa shape index (κ2) is 12.9. The molecule has 9 heteroatoms. The van der Waals surface area contributed by atoms with Gasteiger partial charge in [-0.05, 0) is 24.0 Å². The van der Waals surface area contributed by atoms with E-state index in [4.69, 9.17) is 4.74 Å². The van der Waals surface area contributed by atoms with Crippen molar-refractivity contribution in [3.05, 3.63) is 35.4 Å². The summed E-state index contributed by atoms with van der Waals surface area (Å²) in [7, 11) is 0. The predicted octanol–water partition coefficient (Wildman–Crippen LogP) is 3.18. The lowest BCUT2D eigenvalue weighted by Gasteiger charge is -2.34. The van der Waals surface area contributed by atoms with E-state index in [-0.39, 0.29) is 12.7 Å². The zero-order valence-corrected chi connectivity index (χ0v) is 18.7. The van der Waals surface area contributed by atoms with Gasteiger partial charge in [-0.3, -0.25) is 4.90 Å². The molecule has 176 valence electrons. The van der Waals surface area contributed by atoms with Gasteiger partial charge < -0.3 is 20.1 Å². The summed E-state index contributed by atoms with van der Waals surface area (Å²) in [5.74, 6) is 1.35. The molecule has 0 bridgehead atoms. The van der Waals surface area contributed by atoms with Gasteiger partial charge >= 0.3 is 6.18 Å². The summed E-state index contributed by atoms with van der Waals surface area (Å²) in [5, 5.41) is 6.58. The van der Waals surface area contributed by atoms with Gasteiger partial charge in [0.05, 0.1) is 25.9 Å². The molecule has 0 aliphatic carbocycles. The van der Waals surface area contributed by atoms with E-state index in [0.717, 1.165) is 38.3 Å². The van der Waals surface area contributed by atoms with Gasteiger partial charge in [0.1, 0.15) is 6.61 Å². The molecule has 0 spiro atoms. The Morgan fingerprint density at radius 1 is 1.23 bits per heavy atom. The van der Waals surface area contributed by atoms with Crippen molar-refractivity contribution in [2.24, 2.45) is 10.9 Å². The van der Waals surface area contributed by atoms with Gasteiger partial charge in [-0.2, -0.15) is 13.2 Å². The number of halogens is 3. The van der Waals surface area contributed by atoms with E-state index in [1.807, 2.05) is 19.1 Å². The Hall–Kier alpha value is -1.84. The maximum Gasteiger partial charge on any atom is 0.411 e. The van der Waals surface area contributed by atoms with Crippen LogP contribution in [0.25, 0.3) is 0 Å².